The molecule has 1 aliphatic heterocycles. The summed E-state index contributed by atoms with van der Waals surface area (Å²) >= 11 is 0. The number of hydrogen-bond acceptors (Lipinski definition) is 8. The second-order valence-corrected chi connectivity index (χ2v) is 6.86. The van der Waals surface area contributed by atoms with Crippen molar-refractivity contribution in [1.29, 1.82) is 0 Å². The van der Waals surface area contributed by atoms with Gasteiger partial charge in [-0.1, -0.05) is 6.58 Å². The maximum atomic E-state index is 11.9. The molecule has 3 rings (SSSR count). The number of nitrogens with two attached hydrogens (primary N) is 1. The highest BCUT2D eigenvalue weighted by atomic mass is 16.5. The number of likely N-dealkylation sites (tertiary alicyclic amines) is 1. The summed E-state index contributed by atoms with van der Waals surface area (Å²) in [6, 6.07) is 0.0858. The predicted octanol–water partition coefficient (Wildman–Crippen LogP) is 0.923. The number of amides is 2. The predicted molar refractivity (Wildman–Crippen MR) is 111 cm³/mol. The van der Waals surface area contributed by atoms with Gasteiger partial charge in [-0.3, -0.25) is 14.3 Å². The first kappa shape index (κ1) is 21.2. The molecule has 0 radical (unpaired) electrons. The van der Waals surface area contributed by atoms with Gasteiger partial charge in [-0.05, 0) is 18.9 Å². The molecule has 0 aromatic carbocycles. The van der Waals surface area contributed by atoms with Crippen LogP contribution in [0.1, 0.15) is 29.2 Å². The van der Waals surface area contributed by atoms with E-state index in [-0.39, 0.29) is 17.5 Å². The van der Waals surface area contributed by atoms with E-state index in [1.54, 1.807) is 18.2 Å². The highest BCUT2D eigenvalue weighted by molar-refractivity contribution is 5.97. The minimum atomic E-state index is -0.620. The minimum absolute atomic E-state index is 0.0679. The molecule has 1 fully saturated rings. The van der Waals surface area contributed by atoms with Crippen molar-refractivity contribution in [3.8, 4) is 0 Å². The number of primary amides is 1. The van der Waals surface area contributed by atoms with Gasteiger partial charge in [0.25, 0.3) is 5.91 Å². The Morgan fingerprint density at radius 3 is 3.00 bits per heavy atom. The van der Waals surface area contributed by atoms with Crippen molar-refractivity contribution in [3.63, 3.8) is 0 Å². The Hall–Kier alpha value is -3.47. The molecule has 2 aromatic heterocycles. The summed E-state index contributed by atoms with van der Waals surface area (Å²) in [6.07, 6.45) is 8.05. The molecule has 0 spiro atoms. The maximum absolute atomic E-state index is 11.9. The fourth-order valence-electron chi connectivity index (χ4n) is 3.26. The zero-order valence-electron chi connectivity index (χ0n) is 16.9. The van der Waals surface area contributed by atoms with Gasteiger partial charge in [-0.15, -0.1) is 0 Å². The van der Waals surface area contributed by atoms with E-state index < -0.39 is 5.91 Å². The minimum Gasteiger partial charge on any atom is -0.383 e. The summed E-state index contributed by atoms with van der Waals surface area (Å²) in [5.74, 6) is -0.0614. The number of carbonyl (C=O) groups is 2. The van der Waals surface area contributed by atoms with Gasteiger partial charge in [0, 0.05) is 39.1 Å². The standard InChI is InChI=1S/C19H26N8O3/c1-3-16(28)26-7-4-5-14(12-26)27-11-13(9-23-27)24-19-22-10-15(17(20)29)18(25-19)21-6-8-30-2/h3,9-11,14H,1,4-8,12H2,2H3,(H2,20,29)(H2,21,22,24,25)/t14-/m1/s1. The van der Waals surface area contributed by atoms with E-state index in [1.165, 1.54) is 12.3 Å². The number of piperidine rings is 1. The van der Waals surface area contributed by atoms with Crippen LogP contribution in [-0.4, -0.2) is 69.8 Å². The lowest BCUT2D eigenvalue weighted by atomic mass is 10.1. The first-order valence-corrected chi connectivity index (χ1v) is 9.64. The Labute approximate surface area is 174 Å². The largest absolute Gasteiger partial charge is 0.383 e. The second kappa shape index (κ2) is 9.83. The maximum Gasteiger partial charge on any atom is 0.254 e. The lowest BCUT2D eigenvalue weighted by Crippen LogP contribution is -2.39. The van der Waals surface area contributed by atoms with E-state index in [2.05, 4.69) is 32.3 Å². The average Bonchev–Trinajstić information content (AvgIpc) is 3.22. The molecule has 0 bridgehead atoms. The van der Waals surface area contributed by atoms with E-state index in [0.29, 0.717) is 37.1 Å². The second-order valence-electron chi connectivity index (χ2n) is 6.86. The lowest BCUT2D eigenvalue weighted by molar-refractivity contribution is -0.127. The van der Waals surface area contributed by atoms with Crippen LogP contribution in [0.2, 0.25) is 0 Å². The number of carbonyl (C=O) groups excluding carboxylic acids is 2. The first-order chi connectivity index (χ1) is 14.5. The molecule has 160 valence electrons. The van der Waals surface area contributed by atoms with Crippen molar-refractivity contribution in [2.75, 3.05) is 44.0 Å². The van der Waals surface area contributed by atoms with Crippen LogP contribution in [0.3, 0.4) is 0 Å². The third-order valence-corrected chi connectivity index (χ3v) is 4.77. The number of aromatic nitrogens is 4. The van der Waals surface area contributed by atoms with Crippen molar-refractivity contribution >= 4 is 29.3 Å². The number of methoxy groups -OCH3 is 1. The molecule has 2 amide bonds. The van der Waals surface area contributed by atoms with Crippen LogP contribution in [0.25, 0.3) is 0 Å². The van der Waals surface area contributed by atoms with Crippen LogP contribution >= 0.6 is 0 Å². The molecule has 2 aromatic rings. The summed E-state index contributed by atoms with van der Waals surface area (Å²) in [6.45, 7) is 5.78. The van der Waals surface area contributed by atoms with Gasteiger partial charge in [0.1, 0.15) is 5.82 Å². The van der Waals surface area contributed by atoms with E-state index in [1.807, 2.05) is 10.9 Å². The summed E-state index contributed by atoms with van der Waals surface area (Å²) in [4.78, 5) is 33.8. The van der Waals surface area contributed by atoms with Gasteiger partial charge in [-0.2, -0.15) is 10.1 Å². The van der Waals surface area contributed by atoms with Crippen molar-refractivity contribution in [1.82, 2.24) is 24.6 Å². The smallest absolute Gasteiger partial charge is 0.254 e. The quantitative estimate of drug-likeness (QED) is 0.406. The molecular weight excluding hydrogens is 388 g/mol. The average molecular weight is 414 g/mol. The molecular formula is C19H26N8O3. The highest BCUT2D eigenvalue weighted by Gasteiger charge is 2.24. The molecule has 1 aliphatic rings. The van der Waals surface area contributed by atoms with Crippen LogP contribution in [0, 0.1) is 0 Å². The fourth-order valence-corrected chi connectivity index (χ4v) is 3.26. The molecule has 1 saturated heterocycles. The van der Waals surface area contributed by atoms with E-state index in [4.69, 9.17) is 10.5 Å². The van der Waals surface area contributed by atoms with E-state index in [0.717, 1.165) is 19.4 Å². The number of ether oxygens (including phenoxy) is 1. The molecule has 0 saturated carbocycles. The lowest BCUT2D eigenvalue weighted by Gasteiger charge is -2.32. The Kier molecular flexibility index (Phi) is 6.96. The summed E-state index contributed by atoms with van der Waals surface area (Å²) in [5, 5.41) is 10.5. The van der Waals surface area contributed by atoms with Crippen LogP contribution in [0.5, 0.6) is 0 Å². The van der Waals surface area contributed by atoms with Gasteiger partial charge in [0.2, 0.25) is 11.9 Å². The van der Waals surface area contributed by atoms with Crippen molar-refractivity contribution < 1.29 is 14.3 Å². The van der Waals surface area contributed by atoms with Crippen molar-refractivity contribution in [2.45, 2.75) is 18.9 Å². The molecule has 1 atom stereocenters. The zero-order valence-corrected chi connectivity index (χ0v) is 16.9. The van der Waals surface area contributed by atoms with Gasteiger partial charge < -0.3 is 26.0 Å². The van der Waals surface area contributed by atoms with Crippen molar-refractivity contribution in [2.24, 2.45) is 5.73 Å². The molecule has 0 aliphatic carbocycles. The SMILES string of the molecule is C=CC(=O)N1CCC[C@@H](n2cc(Nc3ncc(C(N)=O)c(NCCOC)n3)cn2)C1. The molecule has 3 heterocycles. The Morgan fingerprint density at radius 1 is 1.43 bits per heavy atom. The summed E-state index contributed by atoms with van der Waals surface area (Å²) in [7, 11) is 1.58. The number of nitrogens with zero attached hydrogens (tertiary/aromatic N) is 5. The van der Waals surface area contributed by atoms with Crippen LogP contribution in [0.4, 0.5) is 17.5 Å². The van der Waals surface area contributed by atoms with E-state index in [9.17, 15) is 9.59 Å². The Morgan fingerprint density at radius 2 is 2.27 bits per heavy atom. The highest BCUT2D eigenvalue weighted by Crippen LogP contribution is 2.23. The number of anilines is 3. The molecule has 4 N–H and O–H groups in total. The Balaban J connectivity index is 1.70. The van der Waals surface area contributed by atoms with Gasteiger partial charge in [0.05, 0.1) is 30.1 Å². The Bertz CT molecular complexity index is 913. The summed E-state index contributed by atoms with van der Waals surface area (Å²) in [5.41, 5.74) is 6.28. The third kappa shape index (κ3) is 5.11. The number of nitrogens with one attached hydrogen (secondary N) is 2. The number of hydrogen-bond donors (Lipinski definition) is 3. The van der Waals surface area contributed by atoms with Gasteiger partial charge in [0.15, 0.2) is 0 Å². The van der Waals surface area contributed by atoms with Gasteiger partial charge in [-0.25, -0.2) is 4.98 Å². The normalized spacial score (nSPS) is 16.2. The number of rotatable bonds is 9. The van der Waals surface area contributed by atoms with E-state index >= 15 is 0 Å². The molecule has 30 heavy (non-hydrogen) atoms. The molecule has 11 heteroatoms. The third-order valence-electron chi connectivity index (χ3n) is 4.77. The van der Waals surface area contributed by atoms with Crippen LogP contribution in [0.15, 0.2) is 31.2 Å². The zero-order chi connectivity index (χ0) is 21.5. The van der Waals surface area contributed by atoms with Crippen molar-refractivity contribution in [3.05, 3.63) is 36.8 Å². The summed E-state index contributed by atoms with van der Waals surface area (Å²) < 4.78 is 6.83. The molecule has 11 nitrogen and oxygen atoms in total. The van der Waals surface area contributed by atoms with Crippen LogP contribution in [-0.2, 0) is 9.53 Å². The fraction of sp³-hybridized carbons (Fsp3) is 0.421. The van der Waals surface area contributed by atoms with Gasteiger partial charge >= 0.3 is 0 Å². The topological polar surface area (TPSA) is 140 Å². The first-order valence-electron chi connectivity index (χ1n) is 9.64. The van der Waals surface area contributed by atoms with Crippen LogP contribution < -0.4 is 16.4 Å². The monoisotopic (exact) mass is 414 g/mol. The molecule has 0 unspecified atom stereocenters.